The summed E-state index contributed by atoms with van der Waals surface area (Å²) in [6.07, 6.45) is -0.254. The summed E-state index contributed by atoms with van der Waals surface area (Å²) in [7, 11) is 0. The van der Waals surface area contributed by atoms with Gasteiger partial charge in [0.15, 0.2) is 0 Å². The number of fused-ring (bicyclic) bond motifs is 1. The van der Waals surface area contributed by atoms with Crippen LogP contribution in [0.4, 0.5) is 0 Å². The van der Waals surface area contributed by atoms with E-state index in [9.17, 15) is 4.79 Å². The number of nitrogens with one attached hydrogen (secondary N) is 2. The van der Waals surface area contributed by atoms with Crippen molar-refractivity contribution in [3.05, 3.63) is 58.4 Å². The Hall–Kier alpha value is -2.15. The van der Waals surface area contributed by atoms with E-state index in [4.69, 9.17) is 9.84 Å². The average Bonchev–Trinajstić information content (AvgIpc) is 3.24. The maximum atomic E-state index is 12.3. The molecule has 0 radical (unpaired) electrons. The van der Waals surface area contributed by atoms with E-state index in [0.717, 1.165) is 15.8 Å². The molecule has 1 amide bonds. The Morgan fingerprint density at radius 3 is 2.91 bits per heavy atom. The van der Waals surface area contributed by atoms with E-state index in [1.165, 1.54) is 0 Å². The van der Waals surface area contributed by atoms with Crippen molar-refractivity contribution < 1.29 is 14.6 Å². The quantitative estimate of drug-likeness (QED) is 0.623. The minimum absolute atomic E-state index is 0.0438. The minimum Gasteiger partial charge on any atom is -0.394 e. The summed E-state index contributed by atoms with van der Waals surface area (Å²) in [6, 6.07) is 13.5. The number of carbonyl (C=O) groups is 1. The first-order valence-corrected chi connectivity index (χ1v) is 8.27. The summed E-state index contributed by atoms with van der Waals surface area (Å²) in [6.45, 7) is 0.553. The number of thiophene rings is 1. The second kappa shape index (κ2) is 7.41. The number of hydrogen-bond donors (Lipinski definition) is 3. The Morgan fingerprint density at radius 1 is 1.30 bits per heavy atom. The monoisotopic (exact) mass is 330 g/mol. The molecule has 0 aliphatic carbocycles. The Labute approximate surface area is 137 Å². The smallest absolute Gasteiger partial charge is 0.267 e. The number of carbonyl (C=O) groups excluding carboxylic acids is 1. The Kier molecular flexibility index (Phi) is 5.07. The van der Waals surface area contributed by atoms with Crippen molar-refractivity contribution in [2.45, 2.75) is 6.10 Å². The molecule has 0 spiro atoms. The second-order valence-corrected chi connectivity index (χ2v) is 6.06. The molecule has 0 fully saturated rings. The normalized spacial score (nSPS) is 12.4. The van der Waals surface area contributed by atoms with Crippen LogP contribution in [0.1, 0.15) is 21.5 Å². The topological polar surface area (TPSA) is 74.3 Å². The van der Waals surface area contributed by atoms with Crippen molar-refractivity contribution in [2.24, 2.45) is 0 Å². The molecular weight excluding hydrogens is 312 g/mol. The fraction of sp³-hybridized carbons (Fsp3) is 0.235. The molecule has 1 aromatic carbocycles. The fourth-order valence-electron chi connectivity index (χ4n) is 2.39. The van der Waals surface area contributed by atoms with Crippen LogP contribution in [0.5, 0.6) is 0 Å². The van der Waals surface area contributed by atoms with Crippen molar-refractivity contribution in [1.29, 1.82) is 0 Å². The molecule has 23 heavy (non-hydrogen) atoms. The number of rotatable bonds is 7. The molecule has 3 rings (SSSR count). The molecular formula is C17H18N2O3S. The summed E-state index contributed by atoms with van der Waals surface area (Å²) in [4.78, 5) is 16.4. The lowest BCUT2D eigenvalue weighted by atomic mass is 10.2. The molecule has 3 N–H and O–H groups in total. The molecule has 0 saturated heterocycles. The van der Waals surface area contributed by atoms with Gasteiger partial charge in [0, 0.05) is 22.3 Å². The summed E-state index contributed by atoms with van der Waals surface area (Å²) in [5.41, 5.74) is 1.46. The zero-order chi connectivity index (χ0) is 16.1. The van der Waals surface area contributed by atoms with E-state index < -0.39 is 0 Å². The standard InChI is InChI=1S/C17H18N2O3S/c20-7-8-22-15(16-6-3-9-23-16)11-18-17(21)14-10-12-4-1-2-5-13(12)19-14/h1-6,9-10,15,19-20H,7-8,11H2,(H,18,21)/t15-/m0/s1. The summed E-state index contributed by atoms with van der Waals surface area (Å²) in [5.74, 6) is -0.171. The third kappa shape index (κ3) is 3.79. The molecule has 3 aromatic rings. The van der Waals surface area contributed by atoms with Gasteiger partial charge in [0.25, 0.3) is 5.91 Å². The lowest BCUT2D eigenvalue weighted by molar-refractivity contribution is 0.0295. The van der Waals surface area contributed by atoms with E-state index in [-0.39, 0.29) is 25.2 Å². The molecule has 0 aliphatic heterocycles. The first-order chi connectivity index (χ1) is 11.3. The van der Waals surface area contributed by atoms with Gasteiger partial charge in [0.05, 0.1) is 13.2 Å². The number of amides is 1. The first-order valence-electron chi connectivity index (χ1n) is 7.40. The number of aliphatic hydroxyl groups excluding tert-OH is 1. The van der Waals surface area contributed by atoms with Gasteiger partial charge in [-0.15, -0.1) is 11.3 Å². The predicted octanol–water partition coefficient (Wildman–Crippen LogP) is 2.71. The van der Waals surface area contributed by atoms with Crippen molar-refractivity contribution in [2.75, 3.05) is 19.8 Å². The Morgan fingerprint density at radius 2 is 2.17 bits per heavy atom. The van der Waals surface area contributed by atoms with Crippen molar-refractivity contribution in [3.8, 4) is 0 Å². The Balaban J connectivity index is 1.66. The van der Waals surface area contributed by atoms with E-state index in [0.29, 0.717) is 12.2 Å². The molecule has 0 bridgehead atoms. The second-order valence-electron chi connectivity index (χ2n) is 5.08. The molecule has 120 valence electrons. The highest BCUT2D eigenvalue weighted by Gasteiger charge is 2.16. The minimum atomic E-state index is -0.254. The highest BCUT2D eigenvalue weighted by Crippen LogP contribution is 2.22. The van der Waals surface area contributed by atoms with Crippen LogP contribution >= 0.6 is 11.3 Å². The van der Waals surface area contributed by atoms with Gasteiger partial charge >= 0.3 is 0 Å². The van der Waals surface area contributed by atoms with Crippen molar-refractivity contribution in [1.82, 2.24) is 10.3 Å². The molecule has 0 unspecified atom stereocenters. The summed E-state index contributed by atoms with van der Waals surface area (Å²) in [5, 5.41) is 14.8. The maximum absolute atomic E-state index is 12.3. The van der Waals surface area contributed by atoms with Gasteiger partial charge < -0.3 is 20.1 Å². The number of benzene rings is 1. The van der Waals surface area contributed by atoms with E-state index >= 15 is 0 Å². The number of H-pyrrole nitrogens is 1. The average molecular weight is 330 g/mol. The van der Waals surface area contributed by atoms with Gasteiger partial charge in [-0.3, -0.25) is 4.79 Å². The molecule has 1 atom stereocenters. The summed E-state index contributed by atoms with van der Waals surface area (Å²) >= 11 is 1.57. The van der Waals surface area contributed by atoms with Gasteiger partial charge in [-0.05, 0) is 23.6 Å². The molecule has 0 aliphatic rings. The SMILES string of the molecule is O=C(NC[C@H](OCCO)c1cccs1)c1cc2ccccc2[nH]1. The number of aromatic nitrogens is 1. The van der Waals surface area contributed by atoms with Crippen LogP contribution in [0.25, 0.3) is 10.9 Å². The predicted molar refractivity (Wildman–Crippen MR) is 90.7 cm³/mol. The maximum Gasteiger partial charge on any atom is 0.267 e. The van der Waals surface area contributed by atoms with E-state index in [1.54, 1.807) is 11.3 Å². The molecule has 2 aromatic heterocycles. The molecule has 0 saturated carbocycles. The van der Waals surface area contributed by atoms with Crippen LogP contribution in [0.2, 0.25) is 0 Å². The third-order valence-corrected chi connectivity index (χ3v) is 4.46. The largest absolute Gasteiger partial charge is 0.394 e. The van der Waals surface area contributed by atoms with Crippen LogP contribution in [-0.4, -0.2) is 35.8 Å². The summed E-state index contributed by atoms with van der Waals surface area (Å²) < 4.78 is 5.62. The van der Waals surface area contributed by atoms with E-state index in [2.05, 4.69) is 10.3 Å². The van der Waals surface area contributed by atoms with Crippen LogP contribution in [-0.2, 0) is 4.74 Å². The van der Waals surface area contributed by atoms with Gasteiger partial charge in [0.2, 0.25) is 0 Å². The number of aliphatic hydroxyl groups is 1. The van der Waals surface area contributed by atoms with Gasteiger partial charge in [-0.2, -0.15) is 0 Å². The number of para-hydroxylation sites is 1. The van der Waals surface area contributed by atoms with Crippen molar-refractivity contribution >= 4 is 28.1 Å². The van der Waals surface area contributed by atoms with Crippen LogP contribution < -0.4 is 5.32 Å². The van der Waals surface area contributed by atoms with Crippen molar-refractivity contribution in [3.63, 3.8) is 0 Å². The zero-order valence-corrected chi connectivity index (χ0v) is 13.3. The lowest BCUT2D eigenvalue weighted by Crippen LogP contribution is -2.29. The number of aromatic amines is 1. The molecule has 5 nitrogen and oxygen atoms in total. The van der Waals surface area contributed by atoms with Crippen LogP contribution in [0.3, 0.4) is 0 Å². The third-order valence-electron chi connectivity index (χ3n) is 3.49. The van der Waals surface area contributed by atoms with E-state index in [1.807, 2.05) is 47.8 Å². The molecule has 6 heteroatoms. The van der Waals surface area contributed by atoms with Crippen LogP contribution in [0.15, 0.2) is 47.8 Å². The Bertz CT molecular complexity index is 734. The highest BCUT2D eigenvalue weighted by molar-refractivity contribution is 7.10. The first kappa shape index (κ1) is 15.7. The van der Waals surface area contributed by atoms with Gasteiger partial charge in [0.1, 0.15) is 11.8 Å². The zero-order valence-electron chi connectivity index (χ0n) is 12.5. The number of ether oxygens (including phenoxy) is 1. The molecule has 2 heterocycles. The van der Waals surface area contributed by atoms with Gasteiger partial charge in [-0.25, -0.2) is 0 Å². The lowest BCUT2D eigenvalue weighted by Gasteiger charge is -2.16. The van der Waals surface area contributed by atoms with Crippen LogP contribution in [0, 0.1) is 0 Å². The highest BCUT2D eigenvalue weighted by atomic mass is 32.1. The number of hydrogen-bond acceptors (Lipinski definition) is 4. The van der Waals surface area contributed by atoms with Gasteiger partial charge in [-0.1, -0.05) is 24.3 Å². The fourth-order valence-corrected chi connectivity index (χ4v) is 3.16.